The first-order valence-corrected chi connectivity index (χ1v) is 5.42. The highest BCUT2D eigenvalue weighted by Gasteiger charge is 2.15. The quantitative estimate of drug-likeness (QED) is 0.535. The Morgan fingerprint density at radius 3 is 3.00 bits per heavy atom. The summed E-state index contributed by atoms with van der Waals surface area (Å²) in [6.45, 7) is 1.93. The molecule has 1 aromatic rings. The smallest absolute Gasteiger partial charge is 0.337 e. The molecule has 1 aliphatic heterocycles. The molecule has 0 N–H and O–H groups in total. The Kier molecular flexibility index (Phi) is 3.03. The topological polar surface area (TPSA) is 29.5 Å². The lowest BCUT2D eigenvalue weighted by atomic mass is 9.98. The van der Waals surface area contributed by atoms with Gasteiger partial charge in [0.05, 0.1) is 12.7 Å². The molecule has 15 heavy (non-hydrogen) atoms. The number of hydrogen-bond acceptors (Lipinski definition) is 3. The molecule has 1 unspecified atom stereocenters. The zero-order valence-electron chi connectivity index (χ0n) is 8.69. The first-order valence-electron chi connectivity index (χ1n) is 4.90. The van der Waals surface area contributed by atoms with Gasteiger partial charge in [-0.15, -0.1) is 0 Å². The fraction of sp³-hybridized carbons (Fsp3) is 0.364. The van der Waals surface area contributed by atoms with Crippen molar-refractivity contribution in [1.29, 1.82) is 0 Å². The van der Waals surface area contributed by atoms with Crippen LogP contribution in [-0.4, -0.2) is 24.3 Å². The Balaban J connectivity index is 2.32. The fourth-order valence-electron chi connectivity index (χ4n) is 1.82. The maximum Gasteiger partial charge on any atom is 0.337 e. The molecule has 0 amide bonds. The highest BCUT2D eigenvalue weighted by atomic mass is 31.0. The van der Waals surface area contributed by atoms with Crippen molar-refractivity contribution in [3.8, 4) is 0 Å². The van der Waals surface area contributed by atoms with E-state index in [4.69, 9.17) is 4.74 Å². The minimum Gasteiger partial charge on any atom is -0.465 e. The van der Waals surface area contributed by atoms with Crippen LogP contribution in [0.2, 0.25) is 0 Å². The third-order valence-electron chi connectivity index (χ3n) is 2.67. The molecular weight excluding hydrogens is 209 g/mol. The van der Waals surface area contributed by atoms with E-state index in [-0.39, 0.29) is 5.97 Å². The Morgan fingerprint density at radius 1 is 1.47 bits per heavy atom. The standard InChI is InChI=1S/C11H14NO2P/c1-14-11(13)9-3-2-8-4-5-12(15)7-10(8)6-9/h2-3,6H,4-5,7,15H2,1H3. The molecule has 0 aromatic heterocycles. The van der Waals surface area contributed by atoms with E-state index in [1.807, 2.05) is 18.2 Å². The summed E-state index contributed by atoms with van der Waals surface area (Å²) < 4.78 is 6.87. The van der Waals surface area contributed by atoms with E-state index >= 15 is 0 Å². The summed E-state index contributed by atoms with van der Waals surface area (Å²) in [6, 6.07) is 5.79. The van der Waals surface area contributed by atoms with E-state index in [0.717, 1.165) is 19.5 Å². The molecule has 1 heterocycles. The van der Waals surface area contributed by atoms with Crippen molar-refractivity contribution in [1.82, 2.24) is 4.67 Å². The van der Waals surface area contributed by atoms with Crippen LogP contribution in [0.5, 0.6) is 0 Å². The van der Waals surface area contributed by atoms with Crippen LogP contribution < -0.4 is 0 Å². The van der Waals surface area contributed by atoms with E-state index in [1.165, 1.54) is 18.2 Å². The van der Waals surface area contributed by atoms with E-state index in [1.54, 1.807) is 0 Å². The second-order valence-electron chi connectivity index (χ2n) is 3.70. The molecular formula is C11H14NO2P. The second kappa shape index (κ2) is 4.30. The second-order valence-corrected chi connectivity index (χ2v) is 4.43. The van der Waals surface area contributed by atoms with Gasteiger partial charge in [-0.05, 0) is 29.7 Å². The van der Waals surface area contributed by atoms with Gasteiger partial charge in [0.1, 0.15) is 0 Å². The lowest BCUT2D eigenvalue weighted by molar-refractivity contribution is 0.0600. The summed E-state index contributed by atoms with van der Waals surface area (Å²) in [7, 11) is 4.10. The molecule has 4 heteroatoms. The average Bonchev–Trinajstić information content (AvgIpc) is 2.27. The van der Waals surface area contributed by atoms with Crippen molar-refractivity contribution in [3.63, 3.8) is 0 Å². The van der Waals surface area contributed by atoms with Crippen molar-refractivity contribution in [3.05, 3.63) is 34.9 Å². The molecule has 0 fully saturated rings. The third-order valence-corrected chi connectivity index (χ3v) is 3.11. The predicted octanol–water partition coefficient (Wildman–Crippen LogP) is 1.62. The number of carbonyl (C=O) groups excluding carboxylic acids is 1. The van der Waals surface area contributed by atoms with Crippen molar-refractivity contribution < 1.29 is 9.53 Å². The fourth-order valence-corrected chi connectivity index (χ4v) is 2.15. The van der Waals surface area contributed by atoms with E-state index in [0.29, 0.717) is 5.56 Å². The molecule has 3 nitrogen and oxygen atoms in total. The number of carbonyl (C=O) groups is 1. The van der Waals surface area contributed by atoms with Gasteiger partial charge in [0, 0.05) is 13.1 Å². The Labute approximate surface area is 91.7 Å². The average molecular weight is 223 g/mol. The van der Waals surface area contributed by atoms with Gasteiger partial charge < -0.3 is 4.74 Å². The van der Waals surface area contributed by atoms with Crippen LogP contribution in [0, 0.1) is 0 Å². The van der Waals surface area contributed by atoms with Gasteiger partial charge in [-0.1, -0.05) is 15.5 Å². The van der Waals surface area contributed by atoms with Crippen LogP contribution in [-0.2, 0) is 17.7 Å². The minimum absolute atomic E-state index is 0.265. The molecule has 0 radical (unpaired) electrons. The Hall–Kier alpha value is -0.920. The van der Waals surface area contributed by atoms with Crippen molar-refractivity contribution in [2.24, 2.45) is 0 Å². The summed E-state index contributed by atoms with van der Waals surface area (Å²) in [4.78, 5) is 11.3. The Morgan fingerprint density at radius 2 is 2.27 bits per heavy atom. The van der Waals surface area contributed by atoms with Crippen LogP contribution in [0.4, 0.5) is 0 Å². The molecule has 1 atom stereocenters. The zero-order valence-corrected chi connectivity index (χ0v) is 9.85. The molecule has 0 spiro atoms. The highest BCUT2D eigenvalue weighted by Crippen LogP contribution is 2.22. The number of ether oxygens (including phenoxy) is 1. The number of hydrogen-bond donors (Lipinski definition) is 0. The van der Waals surface area contributed by atoms with Gasteiger partial charge >= 0.3 is 5.97 Å². The van der Waals surface area contributed by atoms with Crippen LogP contribution >= 0.6 is 9.39 Å². The van der Waals surface area contributed by atoms with Crippen LogP contribution in [0.25, 0.3) is 0 Å². The van der Waals surface area contributed by atoms with E-state index < -0.39 is 0 Å². The normalized spacial score (nSPS) is 15.9. The summed E-state index contributed by atoms with van der Waals surface area (Å²) in [5.41, 5.74) is 3.19. The van der Waals surface area contributed by atoms with Gasteiger partial charge in [-0.2, -0.15) is 0 Å². The number of esters is 1. The van der Waals surface area contributed by atoms with Crippen LogP contribution in [0.3, 0.4) is 0 Å². The molecule has 0 bridgehead atoms. The number of methoxy groups -OCH3 is 1. The van der Waals surface area contributed by atoms with Crippen molar-refractivity contribution >= 4 is 15.4 Å². The molecule has 0 aliphatic carbocycles. The Bertz CT molecular complexity index is 392. The predicted molar refractivity (Wildman–Crippen MR) is 61.6 cm³/mol. The van der Waals surface area contributed by atoms with Gasteiger partial charge in [-0.25, -0.2) is 4.79 Å². The van der Waals surface area contributed by atoms with Crippen molar-refractivity contribution in [2.75, 3.05) is 13.7 Å². The molecule has 0 saturated carbocycles. The van der Waals surface area contributed by atoms with Gasteiger partial charge in [0.2, 0.25) is 0 Å². The number of benzene rings is 1. The van der Waals surface area contributed by atoms with Gasteiger partial charge in [0.25, 0.3) is 0 Å². The lowest BCUT2D eigenvalue weighted by Crippen LogP contribution is -2.22. The minimum atomic E-state index is -0.265. The molecule has 1 aromatic carbocycles. The van der Waals surface area contributed by atoms with E-state index in [2.05, 4.69) is 14.1 Å². The van der Waals surface area contributed by atoms with Crippen molar-refractivity contribution in [2.45, 2.75) is 13.0 Å². The maximum atomic E-state index is 11.3. The van der Waals surface area contributed by atoms with Crippen LogP contribution in [0.15, 0.2) is 18.2 Å². The maximum absolute atomic E-state index is 11.3. The highest BCUT2D eigenvalue weighted by molar-refractivity contribution is 7.13. The lowest BCUT2D eigenvalue weighted by Gasteiger charge is -2.24. The molecule has 80 valence electrons. The number of nitrogens with zero attached hydrogens (tertiary/aromatic N) is 1. The summed E-state index contributed by atoms with van der Waals surface area (Å²) in [5, 5.41) is 0. The first kappa shape index (κ1) is 10.6. The monoisotopic (exact) mass is 223 g/mol. The zero-order chi connectivity index (χ0) is 10.8. The summed E-state index contributed by atoms with van der Waals surface area (Å²) in [6.07, 6.45) is 1.04. The van der Waals surface area contributed by atoms with E-state index in [9.17, 15) is 4.79 Å². The van der Waals surface area contributed by atoms with Gasteiger partial charge in [-0.3, -0.25) is 4.67 Å². The number of fused-ring (bicyclic) bond motifs is 1. The summed E-state index contributed by atoms with van der Waals surface area (Å²) in [5.74, 6) is -0.265. The first-order chi connectivity index (χ1) is 7.20. The largest absolute Gasteiger partial charge is 0.465 e. The van der Waals surface area contributed by atoms with Crippen LogP contribution in [0.1, 0.15) is 21.5 Å². The van der Waals surface area contributed by atoms with Gasteiger partial charge in [0.15, 0.2) is 0 Å². The summed E-state index contributed by atoms with van der Waals surface area (Å²) >= 11 is 0. The SMILES string of the molecule is COC(=O)c1ccc2c(c1)CN(P)CC2. The molecule has 0 saturated heterocycles. The third kappa shape index (κ3) is 2.19. The number of rotatable bonds is 1. The molecule has 2 rings (SSSR count). The molecule has 1 aliphatic rings.